The monoisotopic (exact) mass is 472 g/mol. The SMILES string of the molecule is COc1cccc(/C=C2\SC(=S)N(CC(=O)NCCc3ccc(OC)c(OC)c3)C2=O)c1. The van der Waals surface area contributed by atoms with Gasteiger partial charge in [0.15, 0.2) is 11.5 Å². The maximum atomic E-state index is 12.7. The molecule has 1 aliphatic rings. The highest BCUT2D eigenvalue weighted by molar-refractivity contribution is 8.26. The van der Waals surface area contributed by atoms with Gasteiger partial charge in [0.05, 0.1) is 26.2 Å². The van der Waals surface area contributed by atoms with Gasteiger partial charge in [-0.1, -0.05) is 42.2 Å². The summed E-state index contributed by atoms with van der Waals surface area (Å²) in [5.41, 5.74) is 1.82. The first-order chi connectivity index (χ1) is 15.4. The van der Waals surface area contributed by atoms with Crippen LogP contribution in [0.25, 0.3) is 6.08 Å². The molecule has 1 N–H and O–H groups in total. The third kappa shape index (κ3) is 5.80. The molecular formula is C23H24N2O5S2. The molecule has 0 unspecified atom stereocenters. The second kappa shape index (κ2) is 11.0. The second-order valence-electron chi connectivity index (χ2n) is 6.83. The first-order valence-corrected chi connectivity index (χ1v) is 11.0. The fourth-order valence-electron chi connectivity index (χ4n) is 3.10. The molecule has 1 saturated heterocycles. The van der Waals surface area contributed by atoms with Crippen molar-refractivity contribution in [2.45, 2.75) is 6.42 Å². The Balaban J connectivity index is 1.55. The van der Waals surface area contributed by atoms with E-state index in [1.807, 2.05) is 42.5 Å². The standard InChI is InChI=1S/C23H24N2O5S2/c1-28-17-6-4-5-16(11-17)13-20-22(27)25(23(31)32-20)14-21(26)24-10-9-15-7-8-18(29-2)19(12-15)30-3/h4-8,11-13H,9-10,14H2,1-3H3,(H,24,26)/b20-13-. The van der Waals surface area contributed by atoms with Gasteiger partial charge in [-0.05, 0) is 47.9 Å². The summed E-state index contributed by atoms with van der Waals surface area (Å²) >= 11 is 6.50. The molecule has 1 fully saturated rings. The molecule has 1 aliphatic heterocycles. The van der Waals surface area contributed by atoms with E-state index in [0.29, 0.717) is 39.4 Å². The molecule has 0 radical (unpaired) electrons. The zero-order chi connectivity index (χ0) is 23.1. The minimum Gasteiger partial charge on any atom is -0.497 e. The average molecular weight is 473 g/mol. The van der Waals surface area contributed by atoms with Crippen molar-refractivity contribution in [3.05, 3.63) is 58.5 Å². The number of carbonyl (C=O) groups is 2. The lowest BCUT2D eigenvalue weighted by atomic mass is 10.1. The van der Waals surface area contributed by atoms with E-state index in [9.17, 15) is 9.59 Å². The van der Waals surface area contributed by atoms with E-state index in [2.05, 4.69) is 5.32 Å². The van der Waals surface area contributed by atoms with Crippen LogP contribution in [-0.4, -0.2) is 55.5 Å². The summed E-state index contributed by atoms with van der Waals surface area (Å²) in [7, 11) is 4.74. The van der Waals surface area contributed by atoms with Gasteiger partial charge in [-0.2, -0.15) is 0 Å². The number of benzene rings is 2. The predicted octanol–water partition coefficient (Wildman–Crippen LogP) is 3.27. The molecular weight excluding hydrogens is 448 g/mol. The van der Waals surface area contributed by atoms with E-state index in [4.69, 9.17) is 26.4 Å². The van der Waals surface area contributed by atoms with Gasteiger partial charge in [-0.15, -0.1) is 0 Å². The maximum Gasteiger partial charge on any atom is 0.266 e. The quantitative estimate of drug-likeness (QED) is 0.443. The number of thiocarbonyl (C=S) groups is 1. The van der Waals surface area contributed by atoms with Crippen LogP contribution in [0.3, 0.4) is 0 Å². The highest BCUT2D eigenvalue weighted by Gasteiger charge is 2.33. The molecule has 0 bridgehead atoms. The predicted molar refractivity (Wildman–Crippen MR) is 129 cm³/mol. The van der Waals surface area contributed by atoms with E-state index in [1.54, 1.807) is 27.4 Å². The normalized spacial score (nSPS) is 14.6. The fraction of sp³-hybridized carbons (Fsp3) is 0.261. The Kier molecular flexibility index (Phi) is 8.13. The number of carbonyl (C=O) groups excluding carboxylic acids is 2. The summed E-state index contributed by atoms with van der Waals surface area (Å²) in [5.74, 6) is 1.43. The molecule has 0 aliphatic carbocycles. The van der Waals surface area contributed by atoms with Crippen molar-refractivity contribution in [3.8, 4) is 17.2 Å². The van der Waals surface area contributed by atoms with Gasteiger partial charge in [-0.25, -0.2) is 0 Å². The van der Waals surface area contributed by atoms with Gasteiger partial charge in [0.25, 0.3) is 5.91 Å². The van der Waals surface area contributed by atoms with Crippen molar-refractivity contribution in [1.29, 1.82) is 0 Å². The number of thioether (sulfide) groups is 1. The molecule has 3 rings (SSSR count). The summed E-state index contributed by atoms with van der Waals surface area (Å²) < 4.78 is 16.1. The molecule has 32 heavy (non-hydrogen) atoms. The van der Waals surface area contributed by atoms with Gasteiger partial charge in [0.1, 0.15) is 16.6 Å². The number of nitrogens with zero attached hydrogens (tertiary/aromatic N) is 1. The van der Waals surface area contributed by atoms with Crippen molar-refractivity contribution in [1.82, 2.24) is 10.2 Å². The van der Waals surface area contributed by atoms with Crippen LogP contribution in [0, 0.1) is 0 Å². The van der Waals surface area contributed by atoms with Crippen LogP contribution in [-0.2, 0) is 16.0 Å². The lowest BCUT2D eigenvalue weighted by Crippen LogP contribution is -2.40. The van der Waals surface area contributed by atoms with Gasteiger partial charge >= 0.3 is 0 Å². The zero-order valence-corrected chi connectivity index (χ0v) is 19.7. The highest BCUT2D eigenvalue weighted by Crippen LogP contribution is 2.33. The Bertz CT molecular complexity index is 1050. The molecule has 0 aromatic heterocycles. The molecule has 1 heterocycles. The largest absolute Gasteiger partial charge is 0.497 e. The van der Waals surface area contributed by atoms with E-state index >= 15 is 0 Å². The first kappa shape index (κ1) is 23.6. The number of methoxy groups -OCH3 is 3. The summed E-state index contributed by atoms with van der Waals surface area (Å²) in [6.45, 7) is 0.300. The van der Waals surface area contributed by atoms with Crippen molar-refractivity contribution < 1.29 is 23.8 Å². The highest BCUT2D eigenvalue weighted by atomic mass is 32.2. The molecule has 2 aromatic rings. The Hall–Kier alpha value is -3.04. The molecule has 7 nitrogen and oxygen atoms in total. The summed E-state index contributed by atoms with van der Waals surface area (Å²) in [4.78, 5) is 26.9. The third-order valence-electron chi connectivity index (χ3n) is 4.75. The summed E-state index contributed by atoms with van der Waals surface area (Å²) in [6, 6.07) is 13.0. The molecule has 0 saturated carbocycles. The van der Waals surface area contributed by atoms with Gasteiger partial charge < -0.3 is 19.5 Å². The Morgan fingerprint density at radius 3 is 2.59 bits per heavy atom. The first-order valence-electron chi connectivity index (χ1n) is 9.82. The number of rotatable bonds is 9. The Morgan fingerprint density at radius 1 is 1.09 bits per heavy atom. The van der Waals surface area contributed by atoms with E-state index in [-0.39, 0.29) is 18.4 Å². The molecule has 9 heteroatoms. The average Bonchev–Trinajstić information content (AvgIpc) is 3.06. The third-order valence-corrected chi connectivity index (χ3v) is 6.13. The van der Waals surface area contributed by atoms with Crippen LogP contribution in [0.2, 0.25) is 0 Å². The molecule has 2 aromatic carbocycles. The van der Waals surface area contributed by atoms with Crippen molar-refractivity contribution in [2.75, 3.05) is 34.4 Å². The van der Waals surface area contributed by atoms with Gasteiger partial charge in [0.2, 0.25) is 5.91 Å². The lowest BCUT2D eigenvalue weighted by Gasteiger charge is -2.14. The van der Waals surface area contributed by atoms with E-state index in [0.717, 1.165) is 11.1 Å². The molecule has 0 spiro atoms. The maximum absolute atomic E-state index is 12.7. The van der Waals surface area contributed by atoms with E-state index < -0.39 is 0 Å². The van der Waals surface area contributed by atoms with Crippen molar-refractivity contribution in [3.63, 3.8) is 0 Å². The van der Waals surface area contributed by atoms with Crippen LogP contribution in [0.5, 0.6) is 17.2 Å². The van der Waals surface area contributed by atoms with Crippen LogP contribution < -0.4 is 19.5 Å². The number of hydrogen-bond acceptors (Lipinski definition) is 7. The number of ether oxygens (including phenoxy) is 3. The van der Waals surface area contributed by atoms with Crippen molar-refractivity contribution >= 4 is 46.2 Å². The van der Waals surface area contributed by atoms with Gasteiger partial charge in [0, 0.05) is 6.54 Å². The van der Waals surface area contributed by atoms with Crippen molar-refractivity contribution in [2.24, 2.45) is 0 Å². The Morgan fingerprint density at radius 2 is 1.88 bits per heavy atom. The smallest absolute Gasteiger partial charge is 0.266 e. The van der Waals surface area contributed by atoms with E-state index in [1.165, 1.54) is 16.7 Å². The fourth-order valence-corrected chi connectivity index (χ4v) is 4.36. The Labute approximate surface area is 196 Å². The number of nitrogens with one attached hydrogen (secondary N) is 1. The molecule has 168 valence electrons. The lowest BCUT2D eigenvalue weighted by molar-refractivity contribution is -0.128. The second-order valence-corrected chi connectivity index (χ2v) is 8.51. The minimum atomic E-state index is -0.280. The zero-order valence-electron chi connectivity index (χ0n) is 18.0. The molecule has 2 amide bonds. The van der Waals surface area contributed by atoms with Crippen LogP contribution >= 0.6 is 24.0 Å². The van der Waals surface area contributed by atoms with Crippen LogP contribution in [0.4, 0.5) is 0 Å². The number of amides is 2. The summed E-state index contributed by atoms with van der Waals surface area (Å²) in [5, 5.41) is 2.84. The van der Waals surface area contributed by atoms with Crippen LogP contribution in [0.1, 0.15) is 11.1 Å². The minimum absolute atomic E-state index is 0.119. The van der Waals surface area contributed by atoms with Gasteiger partial charge in [-0.3, -0.25) is 14.5 Å². The summed E-state index contributed by atoms with van der Waals surface area (Å²) in [6.07, 6.45) is 2.36. The molecule has 0 atom stereocenters. The number of hydrogen-bond donors (Lipinski definition) is 1. The topological polar surface area (TPSA) is 77.1 Å². The van der Waals surface area contributed by atoms with Crippen LogP contribution in [0.15, 0.2) is 47.4 Å².